The van der Waals surface area contributed by atoms with Gasteiger partial charge in [0, 0.05) is 26.1 Å². The number of aliphatic hydroxyl groups is 1. The van der Waals surface area contributed by atoms with Gasteiger partial charge in [-0.3, -0.25) is 0 Å². The molecular weight excluding hydrogens is 236 g/mol. The number of aromatic nitrogens is 3. The number of hydrogen-bond donors (Lipinski definition) is 2. The molecule has 0 aliphatic heterocycles. The number of nitrogen functional groups attached to an aromatic ring is 1. The van der Waals surface area contributed by atoms with Crippen molar-refractivity contribution in [2.24, 2.45) is 0 Å². The Balaban J connectivity index is 2.22. The zero-order valence-electron chi connectivity index (χ0n) is 9.63. The summed E-state index contributed by atoms with van der Waals surface area (Å²) >= 11 is 1.65. The predicted octanol–water partition coefficient (Wildman–Crippen LogP) is 0.299. The van der Waals surface area contributed by atoms with Gasteiger partial charge in [0.15, 0.2) is 12.2 Å². The molecule has 0 aromatic carbocycles. The van der Waals surface area contributed by atoms with Gasteiger partial charge in [0.2, 0.25) is 5.51 Å². The molecule has 0 atom stereocenters. The van der Waals surface area contributed by atoms with Crippen molar-refractivity contribution < 1.29 is 9.67 Å². The van der Waals surface area contributed by atoms with Gasteiger partial charge in [-0.15, -0.1) is 0 Å². The molecule has 3 N–H and O–H groups in total. The summed E-state index contributed by atoms with van der Waals surface area (Å²) < 4.78 is 2.10. The molecule has 2 heterocycles. The lowest BCUT2D eigenvalue weighted by atomic mass is 10.2. The smallest absolute Gasteiger partial charge is 0.225 e. The Labute approximate surface area is 104 Å². The average molecular weight is 251 g/mol. The molecule has 90 valence electrons. The van der Waals surface area contributed by atoms with Gasteiger partial charge in [-0.25, -0.2) is 9.97 Å². The number of aliphatic hydroxyl groups excluding tert-OH is 1. The molecule has 0 amide bonds. The van der Waals surface area contributed by atoms with Gasteiger partial charge in [0.1, 0.15) is 12.1 Å². The molecule has 0 fully saturated rings. The summed E-state index contributed by atoms with van der Waals surface area (Å²) in [5.41, 5.74) is 9.89. The first kappa shape index (κ1) is 11.9. The number of anilines is 1. The molecule has 2 rings (SSSR count). The molecule has 0 spiro atoms. The zero-order chi connectivity index (χ0) is 12.3. The third-order valence-electron chi connectivity index (χ3n) is 2.66. The molecule has 0 saturated heterocycles. The third kappa shape index (κ3) is 2.59. The molecule has 17 heavy (non-hydrogen) atoms. The number of nitrogens with zero attached hydrogens (tertiary/aromatic N) is 3. The van der Waals surface area contributed by atoms with E-state index in [0.29, 0.717) is 18.8 Å². The van der Waals surface area contributed by atoms with E-state index in [1.54, 1.807) is 17.5 Å². The highest BCUT2D eigenvalue weighted by Crippen LogP contribution is 2.13. The Morgan fingerprint density at radius 3 is 3.06 bits per heavy atom. The van der Waals surface area contributed by atoms with Gasteiger partial charge in [-0.1, -0.05) is 11.3 Å². The summed E-state index contributed by atoms with van der Waals surface area (Å²) in [5, 5.41) is 8.94. The molecule has 5 nitrogen and oxygen atoms in total. The Morgan fingerprint density at radius 1 is 1.53 bits per heavy atom. The van der Waals surface area contributed by atoms with Crippen LogP contribution in [-0.4, -0.2) is 21.7 Å². The minimum Gasteiger partial charge on any atom is -0.396 e. The first-order valence-corrected chi connectivity index (χ1v) is 6.22. The highest BCUT2D eigenvalue weighted by atomic mass is 32.1. The van der Waals surface area contributed by atoms with Crippen LogP contribution in [0.4, 0.5) is 5.82 Å². The zero-order valence-corrected chi connectivity index (χ0v) is 10.4. The molecule has 0 saturated carbocycles. The lowest BCUT2D eigenvalue weighted by Gasteiger charge is -1.99. The maximum Gasteiger partial charge on any atom is 0.225 e. The van der Waals surface area contributed by atoms with Crippen molar-refractivity contribution in [3.05, 3.63) is 34.2 Å². The Morgan fingerprint density at radius 2 is 2.35 bits per heavy atom. The SMILES string of the molecule is Cc1c(CCO)sc[n+]1Cc1cncnc1N. The number of thiazole rings is 1. The van der Waals surface area contributed by atoms with Crippen molar-refractivity contribution in [2.75, 3.05) is 12.3 Å². The summed E-state index contributed by atoms with van der Waals surface area (Å²) in [4.78, 5) is 9.14. The summed E-state index contributed by atoms with van der Waals surface area (Å²) in [6.45, 7) is 2.89. The molecule has 0 aliphatic carbocycles. The van der Waals surface area contributed by atoms with Crippen LogP contribution in [0.25, 0.3) is 0 Å². The Bertz CT molecular complexity index is 512. The largest absolute Gasteiger partial charge is 0.396 e. The van der Waals surface area contributed by atoms with E-state index in [1.165, 1.54) is 11.2 Å². The fourth-order valence-corrected chi connectivity index (χ4v) is 2.61. The topological polar surface area (TPSA) is 75.9 Å². The van der Waals surface area contributed by atoms with Crippen LogP contribution in [0.15, 0.2) is 18.0 Å². The van der Waals surface area contributed by atoms with E-state index in [1.807, 2.05) is 12.4 Å². The van der Waals surface area contributed by atoms with Crippen LogP contribution in [0.3, 0.4) is 0 Å². The highest BCUT2D eigenvalue weighted by Gasteiger charge is 2.16. The van der Waals surface area contributed by atoms with Gasteiger partial charge in [-0.2, -0.15) is 4.57 Å². The molecule has 6 heteroatoms. The van der Waals surface area contributed by atoms with Gasteiger partial charge in [0.25, 0.3) is 0 Å². The number of nitrogens with two attached hydrogens (primary N) is 1. The van der Waals surface area contributed by atoms with Crippen molar-refractivity contribution in [1.82, 2.24) is 9.97 Å². The van der Waals surface area contributed by atoms with E-state index < -0.39 is 0 Å². The fourth-order valence-electron chi connectivity index (χ4n) is 1.62. The van der Waals surface area contributed by atoms with E-state index in [-0.39, 0.29) is 6.61 Å². The first-order chi connectivity index (χ1) is 8.22. The van der Waals surface area contributed by atoms with E-state index >= 15 is 0 Å². The van der Waals surface area contributed by atoms with Crippen molar-refractivity contribution in [1.29, 1.82) is 0 Å². The monoisotopic (exact) mass is 251 g/mol. The van der Waals surface area contributed by atoms with E-state index in [2.05, 4.69) is 14.5 Å². The van der Waals surface area contributed by atoms with Crippen LogP contribution >= 0.6 is 11.3 Å². The lowest BCUT2D eigenvalue weighted by Crippen LogP contribution is -2.35. The maximum atomic E-state index is 8.94. The number of rotatable bonds is 4. The van der Waals surface area contributed by atoms with Crippen LogP contribution < -0.4 is 10.3 Å². The van der Waals surface area contributed by atoms with Crippen LogP contribution in [-0.2, 0) is 13.0 Å². The van der Waals surface area contributed by atoms with Crippen molar-refractivity contribution >= 4 is 17.2 Å². The Kier molecular flexibility index (Phi) is 3.65. The first-order valence-electron chi connectivity index (χ1n) is 5.34. The Hall–Kier alpha value is -1.53. The molecule has 0 aliphatic rings. The fraction of sp³-hybridized carbons (Fsp3) is 0.364. The third-order valence-corrected chi connectivity index (χ3v) is 3.80. The minimum atomic E-state index is 0.179. The normalized spacial score (nSPS) is 10.7. The summed E-state index contributed by atoms with van der Waals surface area (Å²) in [6, 6.07) is 0. The highest BCUT2D eigenvalue weighted by molar-refractivity contribution is 7.09. The van der Waals surface area contributed by atoms with Gasteiger partial charge in [-0.05, 0) is 0 Å². The van der Waals surface area contributed by atoms with Crippen LogP contribution in [0.2, 0.25) is 0 Å². The minimum absolute atomic E-state index is 0.179. The van der Waals surface area contributed by atoms with Gasteiger partial charge in [0.05, 0.1) is 10.4 Å². The number of hydrogen-bond acceptors (Lipinski definition) is 5. The molecule has 2 aromatic rings. The molecular formula is C11H15N4OS+. The second-order valence-electron chi connectivity index (χ2n) is 3.77. The summed E-state index contributed by atoms with van der Waals surface area (Å²) in [6.07, 6.45) is 3.88. The van der Waals surface area contributed by atoms with Crippen LogP contribution in [0.1, 0.15) is 16.1 Å². The van der Waals surface area contributed by atoms with E-state index in [0.717, 1.165) is 11.3 Å². The standard InChI is InChI=1S/C11H15N4OS/c1-8-10(2-3-16)17-7-15(8)5-9-4-13-6-14-11(9)12/h4,6-7,16H,2-3,5H2,1H3,(H2,12,13,14)/q+1. The lowest BCUT2D eigenvalue weighted by molar-refractivity contribution is -0.689. The summed E-state index contributed by atoms with van der Waals surface area (Å²) in [7, 11) is 0. The van der Waals surface area contributed by atoms with Gasteiger partial charge >= 0.3 is 0 Å². The van der Waals surface area contributed by atoms with Crippen LogP contribution in [0.5, 0.6) is 0 Å². The van der Waals surface area contributed by atoms with Gasteiger partial charge < -0.3 is 10.8 Å². The van der Waals surface area contributed by atoms with Crippen LogP contribution in [0, 0.1) is 6.92 Å². The predicted molar refractivity (Wildman–Crippen MR) is 65.6 cm³/mol. The molecule has 0 unspecified atom stereocenters. The van der Waals surface area contributed by atoms with E-state index in [9.17, 15) is 0 Å². The van der Waals surface area contributed by atoms with Crippen molar-refractivity contribution in [3.63, 3.8) is 0 Å². The second kappa shape index (κ2) is 5.20. The quantitative estimate of drug-likeness (QED) is 0.766. The average Bonchev–Trinajstić information content (AvgIpc) is 2.65. The van der Waals surface area contributed by atoms with E-state index in [4.69, 9.17) is 10.8 Å². The second-order valence-corrected chi connectivity index (χ2v) is 4.71. The maximum absolute atomic E-state index is 8.94. The summed E-state index contributed by atoms with van der Waals surface area (Å²) in [5.74, 6) is 0.516. The van der Waals surface area contributed by atoms with Crippen molar-refractivity contribution in [3.8, 4) is 0 Å². The molecule has 0 bridgehead atoms. The molecule has 0 radical (unpaired) electrons. The van der Waals surface area contributed by atoms with Crippen molar-refractivity contribution in [2.45, 2.75) is 19.9 Å². The molecule has 2 aromatic heterocycles.